The normalized spacial score (nSPS) is 12.8. The van der Waals surface area contributed by atoms with Crippen molar-refractivity contribution < 1.29 is 35.1 Å². The van der Waals surface area contributed by atoms with Crippen molar-refractivity contribution in [2.45, 2.75) is 0 Å². The molecule has 9 heteroatoms. The Labute approximate surface area is 203 Å². The zero-order valence-electron chi connectivity index (χ0n) is 18.3. The molecule has 0 nitrogen and oxygen atoms in total. The standard InChI is InChI=1S/C28H9BF8/c30-21-17-14-15-18(26(35)28(37)27(36)19(15)25(34)23(17)32)24(33)22(31)16(14)13-11-8-4-5-9-12(11)29(20(13)21)10-6-2-1-3-7-10/h1-9H. The molecule has 0 saturated carbocycles. The maximum atomic E-state index is 16.4. The van der Waals surface area contributed by atoms with Crippen LogP contribution in [-0.4, -0.2) is 6.71 Å². The number of hydrogen-bond acceptors (Lipinski definition) is 0. The predicted octanol–water partition coefficient (Wildman–Crippen LogP) is 6.19. The van der Waals surface area contributed by atoms with Gasteiger partial charge in [-0.15, -0.1) is 0 Å². The van der Waals surface area contributed by atoms with Gasteiger partial charge in [-0.2, -0.15) is 0 Å². The summed E-state index contributed by atoms with van der Waals surface area (Å²) < 4.78 is 122. The summed E-state index contributed by atoms with van der Waals surface area (Å²) in [6.45, 7) is -0.898. The lowest BCUT2D eigenvalue weighted by molar-refractivity contribution is 0.448. The van der Waals surface area contributed by atoms with Gasteiger partial charge < -0.3 is 0 Å². The van der Waals surface area contributed by atoms with E-state index >= 15 is 22.0 Å². The van der Waals surface area contributed by atoms with Crippen LogP contribution in [-0.2, 0) is 0 Å². The van der Waals surface area contributed by atoms with Gasteiger partial charge in [0.1, 0.15) is 5.82 Å². The van der Waals surface area contributed by atoms with Crippen LogP contribution in [0.4, 0.5) is 35.1 Å². The van der Waals surface area contributed by atoms with Crippen LogP contribution in [0.1, 0.15) is 0 Å². The number of benzene rings is 6. The van der Waals surface area contributed by atoms with Crippen molar-refractivity contribution in [2.75, 3.05) is 0 Å². The lowest BCUT2D eigenvalue weighted by Gasteiger charge is -2.20. The molecule has 1 aliphatic heterocycles. The minimum Gasteiger partial charge on any atom is -0.207 e. The highest BCUT2D eigenvalue weighted by Crippen LogP contribution is 2.47. The summed E-state index contributed by atoms with van der Waals surface area (Å²) in [6.07, 6.45) is 0. The molecule has 1 heterocycles. The molecule has 0 atom stereocenters. The maximum absolute atomic E-state index is 16.4. The molecule has 0 unspecified atom stereocenters. The van der Waals surface area contributed by atoms with E-state index in [-0.39, 0.29) is 16.6 Å². The number of fused-ring (bicyclic) bond motifs is 4. The summed E-state index contributed by atoms with van der Waals surface area (Å²) in [5.74, 6) is -15.4. The van der Waals surface area contributed by atoms with Crippen LogP contribution in [0.25, 0.3) is 43.4 Å². The molecule has 0 amide bonds. The monoisotopic (exact) mass is 508 g/mol. The first-order chi connectivity index (χ1) is 17.8. The third kappa shape index (κ3) is 2.49. The number of hydrogen-bond donors (Lipinski definition) is 0. The molecule has 0 fully saturated rings. The van der Waals surface area contributed by atoms with E-state index in [0.29, 0.717) is 10.9 Å². The van der Waals surface area contributed by atoms with Crippen molar-refractivity contribution in [3.63, 3.8) is 0 Å². The molecule has 0 aromatic heterocycles. The highest BCUT2D eigenvalue weighted by molar-refractivity contribution is 6.99. The summed E-state index contributed by atoms with van der Waals surface area (Å²) in [5, 5.41) is -6.35. The molecule has 0 spiro atoms. The Morgan fingerprint density at radius 2 is 0.865 bits per heavy atom. The molecule has 37 heavy (non-hydrogen) atoms. The molecule has 0 saturated heterocycles. The first-order valence-corrected chi connectivity index (χ1v) is 11.1. The minimum atomic E-state index is -2.30. The Morgan fingerprint density at radius 3 is 1.49 bits per heavy atom. The van der Waals surface area contributed by atoms with Gasteiger partial charge >= 0.3 is 0 Å². The van der Waals surface area contributed by atoms with Crippen LogP contribution in [0.15, 0.2) is 54.6 Å². The third-order valence-corrected chi connectivity index (χ3v) is 7.28. The first-order valence-electron chi connectivity index (χ1n) is 11.1. The zero-order chi connectivity index (χ0) is 25.9. The van der Waals surface area contributed by atoms with Crippen molar-refractivity contribution in [3.8, 4) is 11.1 Å². The molecule has 6 aromatic rings. The van der Waals surface area contributed by atoms with E-state index in [0.717, 1.165) is 0 Å². The van der Waals surface area contributed by atoms with Crippen molar-refractivity contribution in [1.29, 1.82) is 0 Å². The zero-order valence-corrected chi connectivity index (χ0v) is 18.3. The van der Waals surface area contributed by atoms with Gasteiger partial charge in [-0.25, -0.2) is 35.1 Å². The van der Waals surface area contributed by atoms with Gasteiger partial charge in [-0.05, 0) is 16.6 Å². The lowest BCUT2D eigenvalue weighted by atomic mass is 9.38. The summed E-state index contributed by atoms with van der Waals surface area (Å²) in [5.41, 5.74) is 0.935. The predicted molar refractivity (Wildman–Crippen MR) is 126 cm³/mol. The summed E-state index contributed by atoms with van der Waals surface area (Å²) in [4.78, 5) is 0. The summed E-state index contributed by atoms with van der Waals surface area (Å²) >= 11 is 0. The Hall–Kier alpha value is -4.14. The van der Waals surface area contributed by atoms with Gasteiger partial charge in [0.25, 0.3) is 0 Å². The van der Waals surface area contributed by atoms with Crippen LogP contribution >= 0.6 is 0 Å². The molecule has 0 radical (unpaired) electrons. The Balaban J connectivity index is 1.84. The van der Waals surface area contributed by atoms with Gasteiger partial charge in [0.05, 0.1) is 16.2 Å². The molecule has 7 rings (SSSR count). The van der Waals surface area contributed by atoms with Gasteiger partial charge in [0, 0.05) is 16.2 Å². The highest BCUT2D eigenvalue weighted by Gasteiger charge is 2.42. The van der Waals surface area contributed by atoms with Gasteiger partial charge in [-0.1, -0.05) is 65.5 Å². The summed E-state index contributed by atoms with van der Waals surface area (Å²) in [6, 6.07) is 14.8. The fraction of sp³-hybridized carbons (Fsp3) is 0. The summed E-state index contributed by atoms with van der Waals surface area (Å²) in [7, 11) is 0. The lowest BCUT2D eigenvalue weighted by Crippen LogP contribution is -2.50. The second-order valence-electron chi connectivity index (χ2n) is 8.98. The van der Waals surface area contributed by atoms with Gasteiger partial charge in [0.2, 0.25) is 6.71 Å². The first kappa shape index (κ1) is 22.1. The van der Waals surface area contributed by atoms with E-state index < -0.39 is 85.6 Å². The van der Waals surface area contributed by atoms with Crippen molar-refractivity contribution >= 4 is 55.4 Å². The van der Waals surface area contributed by atoms with E-state index in [9.17, 15) is 13.2 Å². The average Bonchev–Trinajstić information content (AvgIpc) is 3.25. The smallest absolute Gasteiger partial charge is 0.207 e. The SMILES string of the molecule is Fc1c(F)c2c(F)c(F)c3c(F)c4c(c5c(F)c(F)c(c1F)c2c35)-c1ccccc1B4c1ccccc1. The third-order valence-electron chi connectivity index (χ3n) is 7.28. The fourth-order valence-corrected chi connectivity index (χ4v) is 5.85. The highest BCUT2D eigenvalue weighted by atomic mass is 19.2. The van der Waals surface area contributed by atoms with E-state index in [1.165, 1.54) is 6.07 Å². The van der Waals surface area contributed by atoms with E-state index in [2.05, 4.69) is 0 Å². The van der Waals surface area contributed by atoms with Gasteiger partial charge in [-0.3, -0.25) is 0 Å². The van der Waals surface area contributed by atoms with Crippen LogP contribution in [0.2, 0.25) is 0 Å². The van der Waals surface area contributed by atoms with Crippen molar-refractivity contribution in [2.24, 2.45) is 0 Å². The van der Waals surface area contributed by atoms with Crippen LogP contribution in [0.3, 0.4) is 0 Å². The second kappa shape index (κ2) is 7.21. The molecule has 0 N–H and O–H groups in total. The average molecular weight is 508 g/mol. The molecule has 6 aromatic carbocycles. The van der Waals surface area contributed by atoms with Gasteiger partial charge in [0.15, 0.2) is 40.7 Å². The van der Waals surface area contributed by atoms with E-state index in [4.69, 9.17) is 0 Å². The minimum absolute atomic E-state index is 0.148. The molecule has 1 aliphatic rings. The van der Waals surface area contributed by atoms with Crippen molar-refractivity contribution in [1.82, 2.24) is 0 Å². The van der Waals surface area contributed by atoms with Crippen LogP contribution < -0.4 is 16.4 Å². The van der Waals surface area contributed by atoms with Crippen molar-refractivity contribution in [3.05, 3.63) is 101 Å². The van der Waals surface area contributed by atoms with Crippen LogP contribution in [0.5, 0.6) is 0 Å². The molecular formula is C28H9BF8. The fourth-order valence-electron chi connectivity index (χ4n) is 5.85. The Morgan fingerprint density at radius 1 is 0.405 bits per heavy atom. The molecule has 180 valence electrons. The molecule has 0 bridgehead atoms. The van der Waals surface area contributed by atoms with E-state index in [1.807, 2.05) is 0 Å². The largest absolute Gasteiger partial charge is 0.246 e. The van der Waals surface area contributed by atoms with E-state index in [1.54, 1.807) is 48.5 Å². The molecular weight excluding hydrogens is 499 g/mol. The Bertz CT molecular complexity index is 1940. The molecule has 0 aliphatic carbocycles. The van der Waals surface area contributed by atoms with Crippen LogP contribution in [0, 0.1) is 46.5 Å². The second-order valence-corrected chi connectivity index (χ2v) is 8.98. The maximum Gasteiger partial charge on any atom is 0.246 e. The number of halogens is 8. The number of rotatable bonds is 1. The topological polar surface area (TPSA) is 0 Å². The quantitative estimate of drug-likeness (QED) is 0.107. The Kier molecular flexibility index (Phi) is 4.31.